The summed E-state index contributed by atoms with van der Waals surface area (Å²) in [6.45, 7) is -2.68. The van der Waals surface area contributed by atoms with Gasteiger partial charge in [0.2, 0.25) is 0 Å². The summed E-state index contributed by atoms with van der Waals surface area (Å²) in [4.78, 5) is 24.1. The number of fused-ring (bicyclic) bond motifs is 4. The SMILES string of the molecule is Cn1c(SCc2nc3ccccc3n2C(F)F)nc2sc3c(c2c1=O)CCCC3. The number of hydrogen-bond acceptors (Lipinski definition) is 5. The van der Waals surface area contributed by atoms with Crippen molar-refractivity contribution in [2.45, 2.75) is 43.1 Å². The molecule has 29 heavy (non-hydrogen) atoms. The molecule has 3 aromatic heterocycles. The molecule has 150 valence electrons. The monoisotopic (exact) mass is 432 g/mol. The minimum absolute atomic E-state index is 0.0562. The van der Waals surface area contributed by atoms with E-state index in [0.29, 0.717) is 16.2 Å². The number of rotatable bonds is 4. The summed E-state index contributed by atoms with van der Waals surface area (Å²) in [5.41, 5.74) is 2.03. The molecule has 5 rings (SSSR count). The lowest BCUT2D eigenvalue weighted by molar-refractivity contribution is 0.0722. The van der Waals surface area contributed by atoms with Crippen molar-refractivity contribution in [3.63, 3.8) is 0 Å². The highest BCUT2D eigenvalue weighted by molar-refractivity contribution is 7.98. The van der Waals surface area contributed by atoms with Crippen molar-refractivity contribution in [2.24, 2.45) is 7.05 Å². The second-order valence-electron chi connectivity index (χ2n) is 7.10. The van der Waals surface area contributed by atoms with E-state index < -0.39 is 6.55 Å². The van der Waals surface area contributed by atoms with Crippen molar-refractivity contribution >= 4 is 44.3 Å². The smallest absolute Gasteiger partial charge is 0.290 e. The predicted molar refractivity (Wildman–Crippen MR) is 112 cm³/mol. The zero-order valence-corrected chi connectivity index (χ0v) is 17.3. The number of thioether (sulfide) groups is 1. The van der Waals surface area contributed by atoms with E-state index in [4.69, 9.17) is 4.98 Å². The van der Waals surface area contributed by atoms with Crippen LogP contribution in [0.3, 0.4) is 0 Å². The van der Waals surface area contributed by atoms with E-state index in [-0.39, 0.29) is 17.1 Å². The topological polar surface area (TPSA) is 52.7 Å². The molecule has 5 nitrogen and oxygen atoms in total. The van der Waals surface area contributed by atoms with Crippen LogP contribution in [0.25, 0.3) is 21.3 Å². The van der Waals surface area contributed by atoms with Gasteiger partial charge in [-0.25, -0.2) is 9.97 Å². The normalized spacial score (nSPS) is 14.2. The Kier molecular flexibility index (Phi) is 4.66. The summed E-state index contributed by atoms with van der Waals surface area (Å²) in [7, 11) is 1.69. The molecular weight excluding hydrogens is 414 g/mol. The maximum atomic E-state index is 13.6. The number of thiophene rings is 1. The van der Waals surface area contributed by atoms with Crippen molar-refractivity contribution in [3.05, 3.63) is 50.9 Å². The number of imidazole rings is 1. The first-order valence-corrected chi connectivity index (χ1v) is 11.2. The predicted octanol–water partition coefficient (Wildman–Crippen LogP) is 4.91. The highest BCUT2D eigenvalue weighted by Gasteiger charge is 2.22. The molecule has 1 aliphatic carbocycles. The average Bonchev–Trinajstić information content (AvgIpc) is 3.27. The third-order valence-corrected chi connectivity index (χ3v) is 7.56. The molecule has 0 unspecified atom stereocenters. The number of hydrogen-bond donors (Lipinski definition) is 0. The third kappa shape index (κ3) is 3.07. The zero-order chi connectivity index (χ0) is 20.1. The Morgan fingerprint density at radius 1 is 1.21 bits per heavy atom. The van der Waals surface area contributed by atoms with Crippen LogP contribution in [0.15, 0.2) is 34.2 Å². The number of benzene rings is 1. The van der Waals surface area contributed by atoms with Crippen LogP contribution in [-0.4, -0.2) is 19.1 Å². The molecule has 0 spiro atoms. The fourth-order valence-corrected chi connectivity index (χ4v) is 6.14. The molecule has 1 aliphatic rings. The Bertz CT molecular complexity index is 1290. The largest absolute Gasteiger partial charge is 0.320 e. The van der Waals surface area contributed by atoms with Crippen molar-refractivity contribution in [1.82, 2.24) is 19.1 Å². The fraction of sp³-hybridized carbons (Fsp3) is 0.350. The van der Waals surface area contributed by atoms with Gasteiger partial charge in [-0.1, -0.05) is 23.9 Å². The molecule has 0 fully saturated rings. The minimum Gasteiger partial charge on any atom is -0.290 e. The Balaban J connectivity index is 1.53. The van der Waals surface area contributed by atoms with Crippen molar-refractivity contribution < 1.29 is 8.78 Å². The van der Waals surface area contributed by atoms with Gasteiger partial charge >= 0.3 is 6.55 Å². The van der Waals surface area contributed by atoms with Crippen LogP contribution in [0.4, 0.5) is 8.78 Å². The van der Waals surface area contributed by atoms with Crippen LogP contribution in [-0.2, 0) is 25.6 Å². The number of alkyl halides is 2. The summed E-state index contributed by atoms with van der Waals surface area (Å²) in [5.74, 6) is 0.474. The summed E-state index contributed by atoms with van der Waals surface area (Å²) in [5, 5.41) is 1.25. The average molecular weight is 433 g/mol. The number of nitrogens with zero attached hydrogens (tertiary/aromatic N) is 4. The maximum absolute atomic E-state index is 13.6. The highest BCUT2D eigenvalue weighted by Crippen LogP contribution is 2.35. The van der Waals surface area contributed by atoms with Gasteiger partial charge in [0, 0.05) is 11.9 Å². The number of halogens is 2. The molecule has 0 saturated carbocycles. The first-order chi connectivity index (χ1) is 14.0. The van der Waals surface area contributed by atoms with Crippen LogP contribution >= 0.6 is 23.1 Å². The summed E-state index contributed by atoms with van der Waals surface area (Å²) < 4.78 is 29.8. The number of aromatic nitrogens is 4. The van der Waals surface area contributed by atoms with E-state index in [0.717, 1.165) is 46.0 Å². The van der Waals surface area contributed by atoms with Gasteiger partial charge in [-0.15, -0.1) is 11.3 Å². The molecule has 0 bridgehead atoms. The molecule has 0 radical (unpaired) electrons. The highest BCUT2D eigenvalue weighted by atomic mass is 32.2. The Labute approximate surface area is 173 Å². The standard InChI is InChI=1S/C20H18F2N4OS2/c1-25-18(27)16-11-6-2-5-9-14(11)29-17(16)24-20(25)28-10-15-23-12-7-3-4-8-13(12)26(15)19(21)22/h3-4,7-8,19H,2,5-6,9-10H2,1H3. The fourth-order valence-electron chi connectivity index (χ4n) is 3.94. The van der Waals surface area contributed by atoms with Crippen molar-refractivity contribution in [1.29, 1.82) is 0 Å². The van der Waals surface area contributed by atoms with Gasteiger partial charge in [0.15, 0.2) is 5.16 Å². The van der Waals surface area contributed by atoms with Crippen molar-refractivity contribution in [3.8, 4) is 0 Å². The first-order valence-electron chi connectivity index (χ1n) is 9.42. The molecule has 0 N–H and O–H groups in total. The summed E-state index contributed by atoms with van der Waals surface area (Å²) in [6.07, 6.45) is 4.17. The van der Waals surface area contributed by atoms with E-state index >= 15 is 0 Å². The van der Waals surface area contributed by atoms with E-state index in [9.17, 15) is 13.6 Å². The number of para-hydroxylation sites is 2. The van der Waals surface area contributed by atoms with E-state index in [1.54, 1.807) is 42.6 Å². The van der Waals surface area contributed by atoms with E-state index in [2.05, 4.69) is 4.98 Å². The van der Waals surface area contributed by atoms with E-state index in [1.807, 2.05) is 0 Å². The van der Waals surface area contributed by atoms with Crippen molar-refractivity contribution in [2.75, 3.05) is 0 Å². The van der Waals surface area contributed by atoms with Gasteiger partial charge in [0.05, 0.1) is 22.2 Å². The lowest BCUT2D eigenvalue weighted by Gasteiger charge is -2.11. The number of aryl methyl sites for hydroxylation is 2. The lowest BCUT2D eigenvalue weighted by atomic mass is 9.97. The Hall–Kier alpha value is -2.26. The first kappa shape index (κ1) is 18.7. The molecule has 0 aliphatic heterocycles. The van der Waals surface area contributed by atoms with Gasteiger partial charge in [0.25, 0.3) is 5.56 Å². The van der Waals surface area contributed by atoms with Gasteiger partial charge in [-0.05, 0) is 43.4 Å². The molecule has 1 aromatic carbocycles. The molecule has 0 saturated heterocycles. The Morgan fingerprint density at radius 2 is 2.00 bits per heavy atom. The summed E-state index contributed by atoms with van der Waals surface area (Å²) in [6, 6.07) is 6.86. The molecule has 0 atom stereocenters. The molecule has 9 heteroatoms. The zero-order valence-electron chi connectivity index (χ0n) is 15.7. The van der Waals surface area contributed by atoms with Gasteiger partial charge in [-0.2, -0.15) is 8.78 Å². The third-order valence-electron chi connectivity index (χ3n) is 5.35. The van der Waals surface area contributed by atoms with Gasteiger partial charge in [-0.3, -0.25) is 13.9 Å². The minimum atomic E-state index is -2.68. The van der Waals surface area contributed by atoms with Gasteiger partial charge in [0.1, 0.15) is 10.7 Å². The van der Waals surface area contributed by atoms with Crippen LogP contribution in [0, 0.1) is 0 Å². The summed E-state index contributed by atoms with van der Waals surface area (Å²) >= 11 is 2.86. The van der Waals surface area contributed by atoms with E-state index in [1.165, 1.54) is 21.2 Å². The molecular formula is C20H18F2N4OS2. The van der Waals surface area contributed by atoms with Crippen LogP contribution in [0.5, 0.6) is 0 Å². The van der Waals surface area contributed by atoms with Gasteiger partial charge < -0.3 is 0 Å². The maximum Gasteiger partial charge on any atom is 0.320 e. The molecule has 0 amide bonds. The Morgan fingerprint density at radius 3 is 2.83 bits per heavy atom. The molecule has 4 aromatic rings. The second-order valence-corrected chi connectivity index (χ2v) is 9.13. The van der Waals surface area contributed by atoms with Crippen LogP contribution in [0.1, 0.15) is 35.7 Å². The second kappa shape index (κ2) is 7.21. The van der Waals surface area contributed by atoms with Crippen LogP contribution in [0.2, 0.25) is 0 Å². The lowest BCUT2D eigenvalue weighted by Crippen LogP contribution is -2.20. The quantitative estimate of drug-likeness (QED) is 0.340. The molecule has 3 heterocycles. The van der Waals surface area contributed by atoms with Crippen LogP contribution < -0.4 is 5.56 Å².